The number of rotatable bonds is 4. The lowest BCUT2D eigenvalue weighted by atomic mass is 10.0. The second-order valence-electron chi connectivity index (χ2n) is 4.74. The maximum Gasteiger partial charge on any atom is 0.356 e. The zero-order valence-electron chi connectivity index (χ0n) is 11.6. The number of benzene rings is 1. The van der Waals surface area contributed by atoms with E-state index < -0.39 is 5.97 Å². The Balaban J connectivity index is 2.34. The van der Waals surface area contributed by atoms with Crippen molar-refractivity contribution >= 4 is 23.1 Å². The standard InChI is InChI=1S/C15H15NO3S/c1-8-4-5-11(6-9(8)2)7-12-16-13(15(18)19)14(20-12)10(3)17/h4-6H,7H2,1-3H3,(H,18,19). The summed E-state index contributed by atoms with van der Waals surface area (Å²) < 4.78 is 0. The fourth-order valence-electron chi connectivity index (χ4n) is 1.91. The van der Waals surface area contributed by atoms with Crippen LogP contribution in [0.5, 0.6) is 0 Å². The minimum Gasteiger partial charge on any atom is -0.476 e. The number of carboxylic acid groups (broad SMARTS) is 1. The van der Waals surface area contributed by atoms with Gasteiger partial charge in [0.2, 0.25) is 0 Å². The molecule has 1 N–H and O–H groups in total. The van der Waals surface area contributed by atoms with Crippen molar-refractivity contribution in [2.75, 3.05) is 0 Å². The number of thiazole rings is 1. The molecular weight excluding hydrogens is 274 g/mol. The van der Waals surface area contributed by atoms with Crippen LogP contribution in [-0.2, 0) is 6.42 Å². The second-order valence-corrected chi connectivity index (χ2v) is 5.83. The molecule has 0 unspecified atom stereocenters. The number of ketones is 1. The summed E-state index contributed by atoms with van der Waals surface area (Å²) >= 11 is 1.16. The van der Waals surface area contributed by atoms with Crippen molar-refractivity contribution in [3.8, 4) is 0 Å². The van der Waals surface area contributed by atoms with Gasteiger partial charge in [0.15, 0.2) is 11.5 Å². The number of carbonyl (C=O) groups excluding carboxylic acids is 1. The van der Waals surface area contributed by atoms with E-state index in [-0.39, 0.29) is 16.4 Å². The third kappa shape index (κ3) is 2.93. The fraction of sp³-hybridized carbons (Fsp3) is 0.267. The number of hydrogen-bond acceptors (Lipinski definition) is 4. The van der Waals surface area contributed by atoms with Gasteiger partial charge < -0.3 is 5.11 Å². The quantitative estimate of drug-likeness (QED) is 0.877. The number of Topliss-reactive ketones (excluding diaryl/α,β-unsaturated/α-hetero) is 1. The van der Waals surface area contributed by atoms with Gasteiger partial charge in [0.1, 0.15) is 4.88 Å². The molecule has 5 heteroatoms. The van der Waals surface area contributed by atoms with Gasteiger partial charge >= 0.3 is 5.97 Å². The van der Waals surface area contributed by atoms with E-state index in [1.54, 1.807) is 0 Å². The van der Waals surface area contributed by atoms with Crippen LogP contribution in [0.25, 0.3) is 0 Å². The summed E-state index contributed by atoms with van der Waals surface area (Å²) in [7, 11) is 0. The van der Waals surface area contributed by atoms with Gasteiger partial charge in [0.05, 0.1) is 5.01 Å². The first-order valence-electron chi connectivity index (χ1n) is 6.18. The van der Waals surface area contributed by atoms with E-state index in [9.17, 15) is 9.59 Å². The molecular formula is C15H15NO3S. The molecule has 1 aromatic heterocycles. The summed E-state index contributed by atoms with van der Waals surface area (Å²) in [4.78, 5) is 26.8. The Hall–Kier alpha value is -2.01. The lowest BCUT2D eigenvalue weighted by Gasteiger charge is -2.03. The zero-order chi connectivity index (χ0) is 14.9. The lowest BCUT2D eigenvalue weighted by molar-refractivity contribution is 0.0687. The molecule has 0 spiro atoms. The number of aromatic carboxylic acids is 1. The highest BCUT2D eigenvalue weighted by Crippen LogP contribution is 2.23. The highest BCUT2D eigenvalue weighted by Gasteiger charge is 2.20. The van der Waals surface area contributed by atoms with Gasteiger partial charge in [0, 0.05) is 13.3 Å². The normalized spacial score (nSPS) is 10.6. The van der Waals surface area contributed by atoms with Crippen molar-refractivity contribution in [3.63, 3.8) is 0 Å². The van der Waals surface area contributed by atoms with E-state index in [2.05, 4.69) is 11.1 Å². The van der Waals surface area contributed by atoms with Crippen molar-refractivity contribution < 1.29 is 14.7 Å². The molecule has 0 radical (unpaired) electrons. The van der Waals surface area contributed by atoms with Gasteiger partial charge in [-0.2, -0.15) is 0 Å². The van der Waals surface area contributed by atoms with Crippen LogP contribution in [-0.4, -0.2) is 21.8 Å². The van der Waals surface area contributed by atoms with E-state index in [1.165, 1.54) is 18.1 Å². The van der Waals surface area contributed by atoms with Gasteiger partial charge in [-0.15, -0.1) is 11.3 Å². The van der Waals surface area contributed by atoms with Crippen molar-refractivity contribution in [2.24, 2.45) is 0 Å². The summed E-state index contributed by atoms with van der Waals surface area (Å²) in [6.07, 6.45) is 0.541. The molecule has 2 rings (SSSR count). The molecule has 1 heterocycles. The second kappa shape index (κ2) is 5.54. The highest BCUT2D eigenvalue weighted by molar-refractivity contribution is 7.14. The Morgan fingerprint density at radius 2 is 1.95 bits per heavy atom. The molecule has 0 bridgehead atoms. The molecule has 20 heavy (non-hydrogen) atoms. The van der Waals surface area contributed by atoms with Crippen LogP contribution in [0.1, 0.15) is 48.8 Å². The molecule has 104 valence electrons. The first kappa shape index (κ1) is 14.4. The predicted molar refractivity (Wildman–Crippen MR) is 77.8 cm³/mol. The van der Waals surface area contributed by atoms with Crippen LogP contribution in [0.4, 0.5) is 0 Å². The van der Waals surface area contributed by atoms with Crippen molar-refractivity contribution in [3.05, 3.63) is 50.5 Å². The van der Waals surface area contributed by atoms with E-state index in [0.29, 0.717) is 11.4 Å². The van der Waals surface area contributed by atoms with Crippen LogP contribution < -0.4 is 0 Å². The van der Waals surface area contributed by atoms with Gasteiger partial charge in [-0.1, -0.05) is 18.2 Å². The molecule has 0 aliphatic carbocycles. The largest absolute Gasteiger partial charge is 0.476 e. The topological polar surface area (TPSA) is 67.3 Å². The smallest absolute Gasteiger partial charge is 0.356 e. The summed E-state index contributed by atoms with van der Waals surface area (Å²) in [5, 5.41) is 9.72. The minimum atomic E-state index is -1.15. The molecule has 4 nitrogen and oxygen atoms in total. The molecule has 0 atom stereocenters. The Bertz CT molecular complexity index is 657. The Morgan fingerprint density at radius 3 is 2.45 bits per heavy atom. The van der Waals surface area contributed by atoms with Crippen molar-refractivity contribution in [2.45, 2.75) is 27.2 Å². The maximum atomic E-state index is 11.4. The average Bonchev–Trinajstić information content (AvgIpc) is 2.78. The molecule has 0 aliphatic rings. The van der Waals surface area contributed by atoms with Gasteiger partial charge in [-0.25, -0.2) is 9.78 Å². The first-order valence-corrected chi connectivity index (χ1v) is 7.00. The van der Waals surface area contributed by atoms with Crippen LogP contribution in [0.15, 0.2) is 18.2 Å². The van der Waals surface area contributed by atoms with Gasteiger partial charge in [0.25, 0.3) is 0 Å². The first-order chi connectivity index (χ1) is 9.38. The van der Waals surface area contributed by atoms with Gasteiger partial charge in [-0.3, -0.25) is 4.79 Å². The molecule has 0 fully saturated rings. The Kier molecular flexibility index (Phi) is 3.99. The van der Waals surface area contributed by atoms with E-state index in [4.69, 9.17) is 5.11 Å². The number of aryl methyl sites for hydroxylation is 2. The lowest BCUT2D eigenvalue weighted by Crippen LogP contribution is -2.03. The zero-order valence-corrected chi connectivity index (χ0v) is 12.4. The van der Waals surface area contributed by atoms with Crippen LogP contribution in [0, 0.1) is 13.8 Å². The van der Waals surface area contributed by atoms with E-state index in [0.717, 1.165) is 16.9 Å². The summed E-state index contributed by atoms with van der Waals surface area (Å²) in [6, 6.07) is 6.09. The molecule has 2 aromatic rings. The summed E-state index contributed by atoms with van der Waals surface area (Å²) in [6.45, 7) is 5.43. The van der Waals surface area contributed by atoms with E-state index in [1.807, 2.05) is 26.0 Å². The highest BCUT2D eigenvalue weighted by atomic mass is 32.1. The number of hydrogen-bond donors (Lipinski definition) is 1. The average molecular weight is 289 g/mol. The van der Waals surface area contributed by atoms with Crippen molar-refractivity contribution in [1.82, 2.24) is 4.98 Å². The maximum absolute atomic E-state index is 11.4. The monoisotopic (exact) mass is 289 g/mol. The summed E-state index contributed by atoms with van der Waals surface area (Å²) in [5.74, 6) is -1.41. The fourth-order valence-corrected chi connectivity index (χ4v) is 2.90. The van der Waals surface area contributed by atoms with Crippen LogP contribution >= 0.6 is 11.3 Å². The number of aromatic nitrogens is 1. The van der Waals surface area contributed by atoms with Crippen LogP contribution in [0.3, 0.4) is 0 Å². The molecule has 0 amide bonds. The van der Waals surface area contributed by atoms with Crippen LogP contribution in [0.2, 0.25) is 0 Å². The molecule has 0 saturated heterocycles. The van der Waals surface area contributed by atoms with E-state index >= 15 is 0 Å². The molecule has 0 saturated carbocycles. The number of carbonyl (C=O) groups is 2. The minimum absolute atomic E-state index is 0.138. The summed E-state index contributed by atoms with van der Waals surface area (Å²) in [5.41, 5.74) is 3.32. The SMILES string of the molecule is CC(=O)c1sc(Cc2ccc(C)c(C)c2)nc1C(=O)O. The van der Waals surface area contributed by atoms with Gasteiger partial charge in [-0.05, 0) is 30.5 Å². The number of carboxylic acids is 1. The van der Waals surface area contributed by atoms with Crippen molar-refractivity contribution in [1.29, 1.82) is 0 Å². The Labute approximate surface area is 121 Å². The third-order valence-electron chi connectivity index (χ3n) is 3.12. The molecule has 1 aromatic carbocycles. The predicted octanol–water partition coefficient (Wildman–Crippen LogP) is 3.25. The molecule has 0 aliphatic heterocycles. The number of nitrogens with zero attached hydrogens (tertiary/aromatic N) is 1. The third-order valence-corrected chi connectivity index (χ3v) is 4.28. The Morgan fingerprint density at radius 1 is 1.25 bits per heavy atom.